The molecule has 168 valence electrons. The molecule has 1 aromatic carbocycles. The molecule has 0 radical (unpaired) electrons. The zero-order valence-electron chi connectivity index (χ0n) is 17.9. The Labute approximate surface area is 175 Å². The Morgan fingerprint density at radius 3 is 2.23 bits per heavy atom. The molecule has 3 N–H and O–H groups in total. The largest absolute Gasteiger partial charge is 0.416 e. The molecule has 0 unspecified atom stereocenters. The monoisotopic (exact) mass is 429 g/mol. The zero-order chi connectivity index (χ0) is 22.7. The summed E-state index contributed by atoms with van der Waals surface area (Å²) in [4.78, 5) is 9.69. The standard InChI is InChI=1S/C19H25F4N5.C2H6/c1-13(2)28(11-14-5-7-15(8-6-14)19(21,22)23)18-16(20)17(26-12-27-18)25-10-4-3-9-24;1-2/h5-8,12-13H,3-4,9-11,24H2,1-2H3,(H,25,26,27);1-2H3. The van der Waals surface area contributed by atoms with E-state index >= 15 is 0 Å². The molecule has 9 heteroatoms. The molecular weight excluding hydrogens is 398 g/mol. The summed E-state index contributed by atoms with van der Waals surface area (Å²) in [5.74, 6) is -0.387. The van der Waals surface area contributed by atoms with Gasteiger partial charge in [0.1, 0.15) is 6.33 Å². The molecule has 0 aliphatic carbocycles. The minimum atomic E-state index is -4.39. The lowest BCUT2D eigenvalue weighted by atomic mass is 10.1. The normalized spacial score (nSPS) is 11.1. The average molecular weight is 430 g/mol. The van der Waals surface area contributed by atoms with Crippen LogP contribution in [0.3, 0.4) is 0 Å². The molecule has 2 rings (SSSR count). The van der Waals surface area contributed by atoms with Crippen LogP contribution in [0.25, 0.3) is 0 Å². The number of halogens is 4. The molecule has 0 aliphatic heterocycles. The number of benzene rings is 1. The highest BCUT2D eigenvalue weighted by Gasteiger charge is 2.30. The van der Waals surface area contributed by atoms with Gasteiger partial charge in [-0.2, -0.15) is 17.6 Å². The molecule has 0 saturated carbocycles. The fraction of sp³-hybridized carbons (Fsp3) is 0.524. The number of nitrogens with one attached hydrogen (secondary N) is 1. The fourth-order valence-electron chi connectivity index (χ4n) is 2.66. The van der Waals surface area contributed by atoms with E-state index in [1.807, 2.05) is 27.7 Å². The lowest BCUT2D eigenvalue weighted by Crippen LogP contribution is -2.32. The van der Waals surface area contributed by atoms with Crippen LogP contribution < -0.4 is 16.0 Å². The van der Waals surface area contributed by atoms with Crippen LogP contribution in [0.1, 0.15) is 51.7 Å². The smallest absolute Gasteiger partial charge is 0.367 e. The Bertz CT molecular complexity index is 748. The van der Waals surface area contributed by atoms with E-state index in [-0.39, 0.29) is 24.2 Å². The van der Waals surface area contributed by atoms with E-state index in [0.717, 1.165) is 25.0 Å². The van der Waals surface area contributed by atoms with Gasteiger partial charge in [-0.1, -0.05) is 26.0 Å². The van der Waals surface area contributed by atoms with Crippen LogP contribution >= 0.6 is 0 Å². The molecule has 1 aromatic heterocycles. The van der Waals surface area contributed by atoms with Gasteiger partial charge in [0.2, 0.25) is 5.82 Å². The Balaban J connectivity index is 0.00000218. The van der Waals surface area contributed by atoms with E-state index in [2.05, 4.69) is 15.3 Å². The van der Waals surface area contributed by atoms with Crippen LogP contribution in [-0.2, 0) is 12.7 Å². The van der Waals surface area contributed by atoms with Crippen molar-refractivity contribution in [3.8, 4) is 0 Å². The molecule has 0 saturated heterocycles. The number of nitrogens with two attached hydrogens (primary N) is 1. The fourth-order valence-corrected chi connectivity index (χ4v) is 2.66. The van der Waals surface area contributed by atoms with E-state index in [4.69, 9.17) is 5.73 Å². The highest BCUT2D eigenvalue weighted by molar-refractivity contribution is 5.51. The summed E-state index contributed by atoms with van der Waals surface area (Å²) in [5, 5.41) is 2.94. The van der Waals surface area contributed by atoms with Crippen molar-refractivity contribution in [1.29, 1.82) is 0 Å². The Morgan fingerprint density at radius 2 is 1.70 bits per heavy atom. The van der Waals surface area contributed by atoms with Crippen LogP contribution in [0.15, 0.2) is 30.6 Å². The molecule has 0 amide bonds. The van der Waals surface area contributed by atoms with Crippen LogP contribution in [0.4, 0.5) is 29.2 Å². The van der Waals surface area contributed by atoms with Gasteiger partial charge in [0.05, 0.1) is 5.56 Å². The summed E-state index contributed by atoms with van der Waals surface area (Å²) in [7, 11) is 0. The molecule has 0 spiro atoms. The molecule has 2 aromatic rings. The van der Waals surface area contributed by atoms with Crippen molar-refractivity contribution in [3.05, 3.63) is 47.5 Å². The number of hydrogen-bond donors (Lipinski definition) is 2. The molecule has 30 heavy (non-hydrogen) atoms. The Morgan fingerprint density at radius 1 is 1.07 bits per heavy atom. The molecule has 1 heterocycles. The van der Waals surface area contributed by atoms with Gasteiger partial charge in [0, 0.05) is 19.1 Å². The van der Waals surface area contributed by atoms with Crippen LogP contribution in [0.2, 0.25) is 0 Å². The minimum Gasteiger partial charge on any atom is -0.367 e. The maximum absolute atomic E-state index is 14.9. The number of alkyl halides is 3. The topological polar surface area (TPSA) is 67.1 Å². The van der Waals surface area contributed by atoms with Crippen molar-refractivity contribution < 1.29 is 17.6 Å². The zero-order valence-corrected chi connectivity index (χ0v) is 17.9. The maximum Gasteiger partial charge on any atom is 0.416 e. The first-order chi connectivity index (χ1) is 14.2. The van der Waals surface area contributed by atoms with Gasteiger partial charge in [-0.25, -0.2) is 9.97 Å². The van der Waals surface area contributed by atoms with Gasteiger partial charge in [0.15, 0.2) is 11.6 Å². The summed E-state index contributed by atoms with van der Waals surface area (Å²) >= 11 is 0. The summed E-state index contributed by atoms with van der Waals surface area (Å²) in [6.45, 7) is 9.04. The summed E-state index contributed by atoms with van der Waals surface area (Å²) in [6.07, 6.45) is -1.52. The van der Waals surface area contributed by atoms with Gasteiger partial charge >= 0.3 is 6.18 Å². The Hall–Kier alpha value is -2.42. The highest BCUT2D eigenvalue weighted by Crippen LogP contribution is 2.30. The summed E-state index contributed by atoms with van der Waals surface area (Å²) in [5.41, 5.74) is 5.35. The third-order valence-electron chi connectivity index (χ3n) is 4.22. The number of unbranched alkanes of at least 4 members (excludes halogenated alkanes) is 1. The lowest BCUT2D eigenvalue weighted by Gasteiger charge is -2.28. The van der Waals surface area contributed by atoms with Gasteiger partial charge < -0.3 is 16.0 Å². The lowest BCUT2D eigenvalue weighted by molar-refractivity contribution is -0.137. The SMILES string of the molecule is CC.CC(C)N(Cc1ccc(C(F)(F)F)cc1)c1ncnc(NCCCCN)c1F. The molecule has 0 bridgehead atoms. The second kappa shape index (κ2) is 12.3. The number of nitrogens with zero attached hydrogens (tertiary/aromatic N) is 3. The third-order valence-corrected chi connectivity index (χ3v) is 4.22. The molecule has 0 aliphatic rings. The van der Waals surface area contributed by atoms with Gasteiger partial charge in [-0.15, -0.1) is 0 Å². The first kappa shape index (κ1) is 25.6. The van der Waals surface area contributed by atoms with E-state index in [1.165, 1.54) is 18.5 Å². The Kier molecular flexibility index (Phi) is 10.5. The average Bonchev–Trinajstić information content (AvgIpc) is 2.72. The van der Waals surface area contributed by atoms with Gasteiger partial charge in [-0.3, -0.25) is 0 Å². The van der Waals surface area contributed by atoms with Crippen molar-refractivity contribution in [2.24, 2.45) is 5.73 Å². The molecule has 0 atom stereocenters. The molecule has 5 nitrogen and oxygen atoms in total. The maximum atomic E-state index is 14.9. The molecular formula is C21H31F4N5. The second-order valence-corrected chi connectivity index (χ2v) is 6.70. The first-order valence-electron chi connectivity index (χ1n) is 10.1. The molecule has 0 fully saturated rings. The van der Waals surface area contributed by atoms with Crippen LogP contribution in [0.5, 0.6) is 0 Å². The van der Waals surface area contributed by atoms with E-state index in [9.17, 15) is 17.6 Å². The minimum absolute atomic E-state index is 0.0973. The second-order valence-electron chi connectivity index (χ2n) is 6.70. The van der Waals surface area contributed by atoms with Crippen LogP contribution in [0, 0.1) is 5.82 Å². The van der Waals surface area contributed by atoms with Crippen molar-refractivity contribution >= 4 is 11.6 Å². The quantitative estimate of drug-likeness (QED) is 0.422. The number of anilines is 2. The van der Waals surface area contributed by atoms with Crippen LogP contribution in [-0.4, -0.2) is 29.1 Å². The van der Waals surface area contributed by atoms with Crippen molar-refractivity contribution in [1.82, 2.24) is 9.97 Å². The van der Waals surface area contributed by atoms with Crippen molar-refractivity contribution in [2.75, 3.05) is 23.3 Å². The summed E-state index contributed by atoms with van der Waals surface area (Å²) < 4.78 is 53.1. The van der Waals surface area contributed by atoms with Crippen molar-refractivity contribution in [3.63, 3.8) is 0 Å². The van der Waals surface area contributed by atoms with Crippen molar-refractivity contribution in [2.45, 2.75) is 59.3 Å². The first-order valence-corrected chi connectivity index (χ1v) is 10.1. The van der Waals surface area contributed by atoms with E-state index in [0.29, 0.717) is 18.7 Å². The third kappa shape index (κ3) is 7.44. The number of hydrogen-bond acceptors (Lipinski definition) is 5. The van der Waals surface area contributed by atoms with Gasteiger partial charge in [-0.05, 0) is 50.9 Å². The summed E-state index contributed by atoms with van der Waals surface area (Å²) in [6, 6.07) is 4.70. The van der Waals surface area contributed by atoms with E-state index in [1.54, 1.807) is 4.90 Å². The predicted octanol–water partition coefficient (Wildman–Crippen LogP) is 5.23. The predicted molar refractivity (Wildman–Crippen MR) is 113 cm³/mol. The highest BCUT2D eigenvalue weighted by atomic mass is 19.4. The van der Waals surface area contributed by atoms with E-state index < -0.39 is 17.6 Å². The number of rotatable bonds is 9. The van der Waals surface area contributed by atoms with Gasteiger partial charge in [0.25, 0.3) is 0 Å². The number of aromatic nitrogens is 2.